The minimum atomic E-state index is -1.06. The molecule has 0 unspecified atom stereocenters. The predicted octanol–water partition coefficient (Wildman–Crippen LogP) is 2.96. The molecule has 3 aromatic rings. The molecule has 106 valence electrons. The van der Waals surface area contributed by atoms with Crippen molar-refractivity contribution >= 4 is 22.5 Å². The smallest absolute Gasteiger partial charge is 0.192 e. The largest absolute Gasteiger partial charge is 0.460 e. The molecule has 0 aliphatic heterocycles. The lowest BCUT2D eigenvalue weighted by Gasteiger charge is -2.07. The Hall–Kier alpha value is -3.01. The van der Waals surface area contributed by atoms with Gasteiger partial charge in [-0.2, -0.15) is 0 Å². The molecule has 1 aliphatic rings. The Morgan fingerprint density at radius 3 is 2.05 bits per heavy atom. The van der Waals surface area contributed by atoms with Gasteiger partial charge in [-0.1, -0.05) is 36.4 Å². The maximum absolute atomic E-state index is 12.5. The minimum absolute atomic E-state index is 0.106. The van der Waals surface area contributed by atoms with Crippen LogP contribution in [0, 0.1) is 0 Å². The first kappa shape index (κ1) is 12.7. The van der Waals surface area contributed by atoms with E-state index in [1.807, 2.05) is 0 Å². The number of hydrogen-bond acceptors (Lipinski definition) is 4. The van der Waals surface area contributed by atoms with Crippen LogP contribution in [0.1, 0.15) is 32.4 Å². The fourth-order valence-electron chi connectivity index (χ4n) is 2.87. The Morgan fingerprint density at radius 2 is 1.36 bits per heavy atom. The van der Waals surface area contributed by atoms with Crippen LogP contribution in [0.3, 0.4) is 0 Å². The Balaban J connectivity index is 1.92. The Kier molecular flexibility index (Phi) is 2.60. The van der Waals surface area contributed by atoms with Gasteiger partial charge in [-0.05, 0) is 12.1 Å². The molecule has 4 rings (SSSR count). The molecular weight excluding hydrogens is 280 g/mol. The predicted molar refractivity (Wildman–Crippen MR) is 80.3 cm³/mol. The van der Waals surface area contributed by atoms with Gasteiger partial charge in [-0.3, -0.25) is 14.4 Å². The Labute approximate surface area is 125 Å². The van der Waals surface area contributed by atoms with Crippen molar-refractivity contribution in [1.82, 2.24) is 0 Å². The zero-order valence-corrected chi connectivity index (χ0v) is 11.4. The first-order valence-corrected chi connectivity index (χ1v) is 6.87. The molecule has 1 aliphatic carbocycles. The van der Waals surface area contributed by atoms with E-state index >= 15 is 0 Å². The molecule has 0 fully saturated rings. The maximum atomic E-state index is 12.5. The second-order valence-electron chi connectivity index (χ2n) is 5.22. The SMILES string of the molecule is O=C1c2ccccc2C(=O)C1c1cc(=O)c2ccccc2o1. The minimum Gasteiger partial charge on any atom is -0.460 e. The number of carbonyl (C=O) groups excluding carboxylic acids is 2. The first-order valence-electron chi connectivity index (χ1n) is 6.87. The normalized spacial score (nSPS) is 14.5. The Morgan fingerprint density at radius 1 is 0.773 bits per heavy atom. The summed E-state index contributed by atoms with van der Waals surface area (Å²) in [5.41, 5.74) is 0.886. The van der Waals surface area contributed by atoms with Crippen molar-refractivity contribution in [2.24, 2.45) is 0 Å². The van der Waals surface area contributed by atoms with Crippen LogP contribution in [0.15, 0.2) is 63.8 Å². The molecule has 1 aromatic heterocycles. The van der Waals surface area contributed by atoms with Gasteiger partial charge < -0.3 is 4.42 Å². The summed E-state index contributed by atoms with van der Waals surface area (Å²) in [5.74, 6) is -1.59. The van der Waals surface area contributed by atoms with Crippen molar-refractivity contribution in [3.8, 4) is 0 Å². The van der Waals surface area contributed by atoms with E-state index in [1.54, 1.807) is 48.5 Å². The van der Waals surface area contributed by atoms with Crippen LogP contribution >= 0.6 is 0 Å². The van der Waals surface area contributed by atoms with Gasteiger partial charge in [0.1, 0.15) is 17.3 Å². The van der Waals surface area contributed by atoms with Gasteiger partial charge in [0, 0.05) is 17.2 Å². The quantitative estimate of drug-likeness (QED) is 0.646. The highest BCUT2D eigenvalue weighted by Crippen LogP contribution is 2.34. The van der Waals surface area contributed by atoms with E-state index in [9.17, 15) is 14.4 Å². The molecule has 4 nitrogen and oxygen atoms in total. The second kappa shape index (κ2) is 4.49. The topological polar surface area (TPSA) is 64.3 Å². The molecule has 0 saturated heterocycles. The number of Topliss-reactive ketones (excluding diaryl/α,β-unsaturated/α-hetero) is 2. The van der Waals surface area contributed by atoms with E-state index in [1.165, 1.54) is 6.07 Å². The summed E-state index contributed by atoms with van der Waals surface area (Å²) in [6.07, 6.45) is 0. The lowest BCUT2D eigenvalue weighted by atomic mass is 10.00. The summed E-state index contributed by atoms with van der Waals surface area (Å²) in [4.78, 5) is 37.1. The number of benzene rings is 2. The van der Waals surface area contributed by atoms with Gasteiger partial charge in [0.25, 0.3) is 0 Å². The summed E-state index contributed by atoms with van der Waals surface area (Å²) in [6.45, 7) is 0. The van der Waals surface area contributed by atoms with Crippen LogP contribution in [0.4, 0.5) is 0 Å². The average Bonchev–Trinajstić information content (AvgIpc) is 2.79. The molecular formula is C18H10O4. The van der Waals surface area contributed by atoms with E-state index < -0.39 is 5.92 Å². The fraction of sp³-hybridized carbons (Fsp3) is 0.0556. The standard InChI is InChI=1S/C18H10O4/c19-13-9-15(22-14-8-4-3-7-12(13)14)16-17(20)10-5-1-2-6-11(10)18(16)21/h1-9,16H. The van der Waals surface area contributed by atoms with Crippen LogP contribution in [0.2, 0.25) is 0 Å². The zero-order valence-electron chi connectivity index (χ0n) is 11.4. The molecule has 0 bridgehead atoms. The Bertz CT molecular complexity index is 962. The molecule has 0 radical (unpaired) electrons. The summed E-state index contributed by atoms with van der Waals surface area (Å²) in [5, 5.41) is 0.432. The van der Waals surface area contributed by atoms with Crippen LogP contribution in [0.25, 0.3) is 11.0 Å². The molecule has 0 amide bonds. The van der Waals surface area contributed by atoms with E-state index in [4.69, 9.17) is 4.42 Å². The summed E-state index contributed by atoms with van der Waals surface area (Å²) in [7, 11) is 0. The van der Waals surface area contributed by atoms with Gasteiger partial charge in [0.15, 0.2) is 17.0 Å². The van der Waals surface area contributed by atoms with Crippen LogP contribution in [-0.2, 0) is 0 Å². The number of hydrogen-bond donors (Lipinski definition) is 0. The maximum Gasteiger partial charge on any atom is 0.192 e. The zero-order chi connectivity index (χ0) is 15.3. The van der Waals surface area contributed by atoms with Gasteiger partial charge in [0.05, 0.1) is 5.39 Å². The number of para-hydroxylation sites is 1. The molecule has 0 atom stereocenters. The van der Waals surface area contributed by atoms with Crippen molar-refractivity contribution < 1.29 is 14.0 Å². The van der Waals surface area contributed by atoms with Gasteiger partial charge in [-0.15, -0.1) is 0 Å². The first-order chi connectivity index (χ1) is 10.7. The highest BCUT2D eigenvalue weighted by molar-refractivity contribution is 6.29. The number of fused-ring (bicyclic) bond motifs is 2. The number of ketones is 2. The van der Waals surface area contributed by atoms with Crippen molar-refractivity contribution in [3.63, 3.8) is 0 Å². The molecule has 2 aromatic carbocycles. The molecule has 1 heterocycles. The lowest BCUT2D eigenvalue weighted by molar-refractivity contribution is 0.0878. The van der Waals surface area contributed by atoms with Crippen LogP contribution in [-0.4, -0.2) is 11.6 Å². The molecule has 4 heteroatoms. The third-order valence-electron chi connectivity index (χ3n) is 3.92. The summed E-state index contributed by atoms with van der Waals surface area (Å²) >= 11 is 0. The highest BCUT2D eigenvalue weighted by atomic mass is 16.3. The molecule has 22 heavy (non-hydrogen) atoms. The highest BCUT2D eigenvalue weighted by Gasteiger charge is 2.41. The second-order valence-corrected chi connectivity index (χ2v) is 5.22. The average molecular weight is 290 g/mol. The number of carbonyl (C=O) groups is 2. The van der Waals surface area contributed by atoms with E-state index in [0.717, 1.165) is 0 Å². The number of rotatable bonds is 1. The van der Waals surface area contributed by atoms with E-state index in [-0.39, 0.29) is 22.8 Å². The van der Waals surface area contributed by atoms with Crippen molar-refractivity contribution in [1.29, 1.82) is 0 Å². The van der Waals surface area contributed by atoms with Crippen molar-refractivity contribution in [2.75, 3.05) is 0 Å². The van der Waals surface area contributed by atoms with E-state index in [0.29, 0.717) is 22.1 Å². The van der Waals surface area contributed by atoms with Crippen LogP contribution < -0.4 is 5.43 Å². The molecule has 0 N–H and O–H groups in total. The monoisotopic (exact) mass is 290 g/mol. The van der Waals surface area contributed by atoms with Crippen molar-refractivity contribution in [2.45, 2.75) is 5.92 Å². The third kappa shape index (κ3) is 1.67. The third-order valence-corrected chi connectivity index (χ3v) is 3.92. The van der Waals surface area contributed by atoms with Crippen molar-refractivity contribution in [3.05, 3.63) is 81.7 Å². The van der Waals surface area contributed by atoms with Crippen LogP contribution in [0.5, 0.6) is 0 Å². The fourth-order valence-corrected chi connectivity index (χ4v) is 2.87. The van der Waals surface area contributed by atoms with Gasteiger partial charge >= 0.3 is 0 Å². The molecule has 0 spiro atoms. The summed E-state index contributed by atoms with van der Waals surface area (Å²) < 4.78 is 5.66. The lowest BCUT2D eigenvalue weighted by Crippen LogP contribution is -2.15. The summed E-state index contributed by atoms with van der Waals surface area (Å²) in [6, 6.07) is 14.7. The van der Waals surface area contributed by atoms with Gasteiger partial charge in [0.2, 0.25) is 0 Å². The van der Waals surface area contributed by atoms with E-state index in [2.05, 4.69) is 0 Å². The van der Waals surface area contributed by atoms with Gasteiger partial charge in [-0.25, -0.2) is 0 Å². The molecule has 0 saturated carbocycles.